The largest absolute Gasteiger partial charge is 0.372 e. The summed E-state index contributed by atoms with van der Waals surface area (Å²) in [6.45, 7) is 13.5. The van der Waals surface area contributed by atoms with Crippen LogP contribution < -0.4 is 9.80 Å². The second-order valence-corrected chi connectivity index (χ2v) is 13.3. The zero-order valence-electron chi connectivity index (χ0n) is 31.0. The first-order valence-corrected chi connectivity index (χ1v) is 19.0. The Morgan fingerprint density at radius 1 is 0.380 bits per heavy atom. The third-order valence-electron chi connectivity index (χ3n) is 9.12. The molecule has 0 aliphatic carbocycles. The maximum Gasteiger partial charge on any atom is 0.150 e. The standard InChI is InChI=1S/C47H58N2O/c1-5-9-31-48(32-10-6-2)46-27-23-40(24-28-46)16-21-44-35-43(20-15-39-13-18-42(38-50)19-14-39)36-45(37-44)22-17-41-25-29-47(30-26-41)49(33-11-7-3)34-12-8-4/h13-30,35-38H,5-12,31-34H2,1-4H3/b20-15+,21-16+,22-17+. The summed E-state index contributed by atoms with van der Waals surface area (Å²) in [5.41, 5.74) is 10.2. The summed E-state index contributed by atoms with van der Waals surface area (Å²) in [5.74, 6) is 0. The Morgan fingerprint density at radius 2 is 0.640 bits per heavy atom. The highest BCUT2D eigenvalue weighted by molar-refractivity contribution is 5.80. The van der Waals surface area contributed by atoms with Crippen molar-refractivity contribution in [2.75, 3.05) is 36.0 Å². The van der Waals surface area contributed by atoms with Gasteiger partial charge in [-0.2, -0.15) is 0 Å². The van der Waals surface area contributed by atoms with Gasteiger partial charge in [-0.3, -0.25) is 4.79 Å². The van der Waals surface area contributed by atoms with Crippen molar-refractivity contribution >= 4 is 54.1 Å². The second-order valence-electron chi connectivity index (χ2n) is 13.3. The van der Waals surface area contributed by atoms with Crippen LogP contribution in [0.15, 0.2) is 91.0 Å². The molecule has 0 heterocycles. The Morgan fingerprint density at radius 3 is 0.920 bits per heavy atom. The van der Waals surface area contributed by atoms with Gasteiger partial charge in [-0.1, -0.05) is 138 Å². The lowest BCUT2D eigenvalue weighted by Crippen LogP contribution is -2.25. The van der Waals surface area contributed by atoms with E-state index < -0.39 is 0 Å². The van der Waals surface area contributed by atoms with E-state index in [1.165, 1.54) is 73.9 Å². The molecule has 0 aliphatic heterocycles. The quantitative estimate of drug-likeness (QED) is 0.0653. The number of carbonyl (C=O) groups excluding carboxylic acids is 1. The van der Waals surface area contributed by atoms with Crippen molar-refractivity contribution in [1.82, 2.24) is 0 Å². The molecular weight excluding hydrogens is 609 g/mol. The maximum absolute atomic E-state index is 11.1. The van der Waals surface area contributed by atoms with Crippen molar-refractivity contribution in [3.8, 4) is 0 Å². The zero-order chi connectivity index (χ0) is 35.4. The van der Waals surface area contributed by atoms with Crippen LogP contribution >= 0.6 is 0 Å². The van der Waals surface area contributed by atoms with Gasteiger partial charge >= 0.3 is 0 Å². The van der Waals surface area contributed by atoms with Crippen LogP contribution in [-0.2, 0) is 0 Å². The van der Waals surface area contributed by atoms with Gasteiger partial charge in [-0.15, -0.1) is 0 Å². The molecule has 0 N–H and O–H groups in total. The molecule has 0 fully saturated rings. The minimum absolute atomic E-state index is 0.687. The molecule has 4 rings (SSSR count). The lowest BCUT2D eigenvalue weighted by molar-refractivity contribution is 0.112. The molecule has 0 aliphatic rings. The van der Waals surface area contributed by atoms with Gasteiger partial charge in [0.1, 0.15) is 6.29 Å². The average molecular weight is 667 g/mol. The summed E-state index contributed by atoms with van der Waals surface area (Å²) in [6.07, 6.45) is 23.7. The minimum Gasteiger partial charge on any atom is -0.372 e. The molecule has 0 bridgehead atoms. The normalized spacial score (nSPS) is 11.6. The molecule has 0 saturated heterocycles. The molecule has 0 atom stereocenters. The van der Waals surface area contributed by atoms with Gasteiger partial charge in [0.05, 0.1) is 0 Å². The third-order valence-corrected chi connectivity index (χ3v) is 9.12. The number of hydrogen-bond acceptors (Lipinski definition) is 3. The number of nitrogens with zero attached hydrogens (tertiary/aromatic N) is 2. The van der Waals surface area contributed by atoms with Gasteiger partial charge in [0, 0.05) is 43.1 Å². The van der Waals surface area contributed by atoms with Gasteiger partial charge in [0.25, 0.3) is 0 Å². The number of aldehydes is 1. The highest BCUT2D eigenvalue weighted by atomic mass is 16.1. The number of hydrogen-bond donors (Lipinski definition) is 0. The molecule has 3 heteroatoms. The molecule has 0 saturated carbocycles. The van der Waals surface area contributed by atoms with E-state index in [0.29, 0.717) is 5.56 Å². The van der Waals surface area contributed by atoms with E-state index in [1.807, 2.05) is 24.3 Å². The van der Waals surface area contributed by atoms with E-state index in [0.717, 1.165) is 54.7 Å². The van der Waals surface area contributed by atoms with Crippen LogP contribution in [0.1, 0.15) is 123 Å². The Balaban J connectivity index is 1.57. The lowest BCUT2D eigenvalue weighted by Gasteiger charge is -2.24. The highest BCUT2D eigenvalue weighted by Gasteiger charge is 2.07. The molecule has 3 nitrogen and oxygen atoms in total. The number of anilines is 2. The summed E-state index contributed by atoms with van der Waals surface area (Å²) >= 11 is 0. The van der Waals surface area contributed by atoms with Crippen LogP contribution in [0.2, 0.25) is 0 Å². The fourth-order valence-corrected chi connectivity index (χ4v) is 5.98. The molecule has 4 aromatic rings. The Hall–Kier alpha value is -4.63. The number of unbranched alkanes of at least 4 members (excludes halogenated alkanes) is 4. The molecule has 0 radical (unpaired) electrons. The van der Waals surface area contributed by atoms with Crippen LogP contribution in [0.25, 0.3) is 36.5 Å². The first kappa shape index (κ1) is 38.2. The summed E-state index contributed by atoms with van der Waals surface area (Å²) in [4.78, 5) is 16.2. The average Bonchev–Trinajstić information content (AvgIpc) is 3.16. The van der Waals surface area contributed by atoms with E-state index in [2.05, 4.69) is 141 Å². The Labute approximate surface area is 303 Å². The first-order valence-electron chi connectivity index (χ1n) is 19.0. The van der Waals surface area contributed by atoms with Crippen molar-refractivity contribution in [3.05, 3.63) is 130 Å². The van der Waals surface area contributed by atoms with Crippen LogP contribution in [0.4, 0.5) is 11.4 Å². The highest BCUT2D eigenvalue weighted by Crippen LogP contribution is 2.23. The maximum atomic E-state index is 11.1. The van der Waals surface area contributed by atoms with Crippen molar-refractivity contribution < 1.29 is 4.79 Å². The first-order chi connectivity index (χ1) is 24.5. The molecular formula is C47H58N2O. The van der Waals surface area contributed by atoms with E-state index in [9.17, 15) is 4.79 Å². The number of benzene rings is 4. The van der Waals surface area contributed by atoms with Gasteiger partial charge in [0.2, 0.25) is 0 Å². The van der Waals surface area contributed by atoms with E-state index in [1.54, 1.807) is 0 Å². The summed E-state index contributed by atoms with van der Waals surface area (Å²) in [6, 6.07) is 32.4. The van der Waals surface area contributed by atoms with Gasteiger partial charge < -0.3 is 9.80 Å². The van der Waals surface area contributed by atoms with Crippen LogP contribution in [0.3, 0.4) is 0 Å². The van der Waals surface area contributed by atoms with Crippen LogP contribution in [-0.4, -0.2) is 32.5 Å². The minimum atomic E-state index is 0.687. The summed E-state index contributed by atoms with van der Waals surface area (Å²) < 4.78 is 0. The molecule has 0 unspecified atom stereocenters. The predicted molar refractivity (Wildman–Crippen MR) is 222 cm³/mol. The lowest BCUT2D eigenvalue weighted by atomic mass is 10.0. The molecule has 4 aromatic carbocycles. The van der Waals surface area contributed by atoms with Crippen molar-refractivity contribution in [3.63, 3.8) is 0 Å². The number of carbonyl (C=O) groups is 1. The molecule has 262 valence electrons. The van der Waals surface area contributed by atoms with E-state index >= 15 is 0 Å². The fourth-order valence-electron chi connectivity index (χ4n) is 5.98. The summed E-state index contributed by atoms with van der Waals surface area (Å²) in [5, 5.41) is 0. The van der Waals surface area contributed by atoms with Crippen molar-refractivity contribution in [1.29, 1.82) is 0 Å². The monoisotopic (exact) mass is 666 g/mol. The van der Waals surface area contributed by atoms with Crippen LogP contribution in [0.5, 0.6) is 0 Å². The van der Waals surface area contributed by atoms with Crippen molar-refractivity contribution in [2.45, 2.75) is 79.1 Å². The van der Waals surface area contributed by atoms with Gasteiger partial charge in [-0.05, 0) is 102 Å². The molecule has 50 heavy (non-hydrogen) atoms. The second kappa shape index (κ2) is 21.5. The van der Waals surface area contributed by atoms with Crippen LogP contribution in [0, 0.1) is 0 Å². The molecule has 0 spiro atoms. The van der Waals surface area contributed by atoms with Crippen molar-refractivity contribution in [2.24, 2.45) is 0 Å². The van der Waals surface area contributed by atoms with Gasteiger partial charge in [-0.25, -0.2) is 0 Å². The van der Waals surface area contributed by atoms with E-state index in [-0.39, 0.29) is 0 Å². The SMILES string of the molecule is CCCCN(CCCC)c1ccc(/C=C/c2cc(/C=C/c3ccc(C=O)cc3)cc(/C=C/c3ccc(N(CCCC)CCCC)cc3)c2)cc1. The third kappa shape index (κ3) is 12.7. The Bertz CT molecular complexity index is 1540. The summed E-state index contributed by atoms with van der Waals surface area (Å²) in [7, 11) is 0. The molecule has 0 aromatic heterocycles. The van der Waals surface area contributed by atoms with E-state index in [4.69, 9.17) is 0 Å². The predicted octanol–water partition coefficient (Wildman–Crippen LogP) is 12.8. The fraction of sp³-hybridized carbons (Fsp3) is 0.340. The Kier molecular flexibility index (Phi) is 16.4. The zero-order valence-corrected chi connectivity index (χ0v) is 31.0. The van der Waals surface area contributed by atoms with Gasteiger partial charge in [0.15, 0.2) is 0 Å². The smallest absolute Gasteiger partial charge is 0.150 e. The topological polar surface area (TPSA) is 23.6 Å². The number of rotatable bonds is 21. The molecule has 0 amide bonds.